The van der Waals surface area contributed by atoms with Gasteiger partial charge in [-0.05, 0) is 18.6 Å². The molecule has 3 aromatic rings. The van der Waals surface area contributed by atoms with Gasteiger partial charge >= 0.3 is 5.69 Å². The fourth-order valence-corrected chi connectivity index (χ4v) is 2.87. The number of aromatic amines is 1. The van der Waals surface area contributed by atoms with Crippen LogP contribution in [0, 0.1) is 5.82 Å². The lowest BCUT2D eigenvalue weighted by Gasteiger charge is -2.16. The normalized spacial score (nSPS) is 12.7. The second-order valence-corrected chi connectivity index (χ2v) is 5.55. The maximum Gasteiger partial charge on any atom is 0.327 e. The van der Waals surface area contributed by atoms with Crippen LogP contribution in [0.2, 0.25) is 5.02 Å². The second kappa shape index (κ2) is 6.10. The van der Waals surface area contributed by atoms with Gasteiger partial charge in [-0.1, -0.05) is 18.5 Å². The number of H-pyrrole nitrogens is 1. The van der Waals surface area contributed by atoms with Gasteiger partial charge in [-0.15, -0.1) is 0 Å². The smallest absolute Gasteiger partial charge is 0.327 e. The topological polar surface area (TPSA) is 89.6 Å². The number of hydrogen-bond donors (Lipinski definition) is 2. The van der Waals surface area contributed by atoms with Crippen LogP contribution in [0.1, 0.15) is 19.4 Å². The van der Waals surface area contributed by atoms with E-state index in [0.717, 1.165) is 6.20 Å². The molecule has 0 radical (unpaired) electrons. The third kappa shape index (κ3) is 2.62. The molecule has 0 spiro atoms. The number of hydrogen-bond acceptors (Lipinski definition) is 4. The number of fused-ring (bicyclic) bond motifs is 1. The summed E-state index contributed by atoms with van der Waals surface area (Å²) in [6, 6.07) is 2.61. The van der Waals surface area contributed by atoms with Crippen LogP contribution in [-0.2, 0) is 0 Å². The Hall–Kier alpha value is -2.25. The summed E-state index contributed by atoms with van der Waals surface area (Å²) in [6.07, 6.45) is 3.22. The van der Waals surface area contributed by atoms with Crippen LogP contribution in [0.25, 0.3) is 22.4 Å². The molecule has 3 heterocycles. The number of halogens is 2. The highest BCUT2D eigenvalue weighted by Gasteiger charge is 2.21. The number of aromatic nitrogens is 4. The monoisotopic (exact) mass is 335 g/mol. The van der Waals surface area contributed by atoms with Crippen molar-refractivity contribution in [1.82, 2.24) is 19.5 Å². The van der Waals surface area contributed by atoms with E-state index in [1.165, 1.54) is 18.3 Å². The number of pyridine rings is 2. The molecule has 0 saturated carbocycles. The third-order valence-electron chi connectivity index (χ3n) is 3.78. The van der Waals surface area contributed by atoms with E-state index >= 15 is 0 Å². The van der Waals surface area contributed by atoms with Crippen LogP contribution in [0.3, 0.4) is 0 Å². The highest BCUT2D eigenvalue weighted by Crippen LogP contribution is 2.33. The zero-order valence-electron chi connectivity index (χ0n) is 12.4. The molecule has 0 saturated heterocycles. The quantitative estimate of drug-likeness (QED) is 0.766. The Morgan fingerprint density at radius 2 is 2.17 bits per heavy atom. The van der Waals surface area contributed by atoms with Gasteiger partial charge in [-0.25, -0.2) is 14.2 Å². The molecular formula is C15H15ClFN5O. The predicted molar refractivity (Wildman–Crippen MR) is 86.9 cm³/mol. The first-order valence-corrected chi connectivity index (χ1v) is 7.55. The Bertz CT molecular complexity index is 899. The molecule has 3 N–H and O–H groups in total. The maximum absolute atomic E-state index is 13.2. The summed E-state index contributed by atoms with van der Waals surface area (Å²) in [5.74, 6) is -0.449. The predicted octanol–water partition coefficient (Wildman–Crippen LogP) is 2.49. The number of nitrogens with one attached hydrogen (secondary N) is 1. The van der Waals surface area contributed by atoms with Crippen molar-refractivity contribution in [1.29, 1.82) is 0 Å². The molecule has 0 bridgehead atoms. The molecule has 0 aliphatic carbocycles. The third-order valence-corrected chi connectivity index (χ3v) is 4.07. The van der Waals surface area contributed by atoms with Crippen molar-refractivity contribution < 1.29 is 4.39 Å². The molecule has 0 aliphatic heterocycles. The van der Waals surface area contributed by atoms with Crippen molar-refractivity contribution in [2.75, 3.05) is 6.54 Å². The average Bonchev–Trinajstić information content (AvgIpc) is 2.87. The van der Waals surface area contributed by atoms with Crippen LogP contribution in [0.15, 0.2) is 29.3 Å². The largest absolute Gasteiger partial charge is 0.328 e. The molecule has 0 aliphatic rings. The molecule has 0 amide bonds. The molecule has 8 heteroatoms. The van der Waals surface area contributed by atoms with Gasteiger partial charge in [0.15, 0.2) is 5.65 Å². The zero-order valence-corrected chi connectivity index (χ0v) is 13.1. The average molecular weight is 336 g/mol. The van der Waals surface area contributed by atoms with E-state index < -0.39 is 5.82 Å². The van der Waals surface area contributed by atoms with Gasteiger partial charge in [-0.3, -0.25) is 14.5 Å². The minimum atomic E-state index is -0.449. The van der Waals surface area contributed by atoms with Gasteiger partial charge < -0.3 is 5.73 Å². The van der Waals surface area contributed by atoms with Crippen LogP contribution in [0.4, 0.5) is 4.39 Å². The van der Waals surface area contributed by atoms with Crippen molar-refractivity contribution in [3.63, 3.8) is 0 Å². The number of imidazole rings is 1. The summed E-state index contributed by atoms with van der Waals surface area (Å²) in [4.78, 5) is 23.3. The maximum atomic E-state index is 13.2. The first-order chi connectivity index (χ1) is 11.1. The first kappa shape index (κ1) is 15.6. The highest BCUT2D eigenvalue weighted by atomic mass is 35.5. The van der Waals surface area contributed by atoms with Gasteiger partial charge in [0, 0.05) is 18.3 Å². The van der Waals surface area contributed by atoms with Crippen molar-refractivity contribution in [2.24, 2.45) is 5.73 Å². The van der Waals surface area contributed by atoms with Gasteiger partial charge in [0.1, 0.15) is 5.82 Å². The lowest BCUT2D eigenvalue weighted by Crippen LogP contribution is -2.27. The number of nitrogens with two attached hydrogens (primary N) is 1. The SMILES string of the molecule is CC[C@@H](CN)n1c(=O)[nH]c2ncc(Cl)c(-c3ccc(F)cn3)c21. The van der Waals surface area contributed by atoms with Crippen molar-refractivity contribution in [3.8, 4) is 11.3 Å². The zero-order chi connectivity index (χ0) is 16.6. The Balaban J connectivity index is 2.38. The van der Waals surface area contributed by atoms with Crippen molar-refractivity contribution in [2.45, 2.75) is 19.4 Å². The summed E-state index contributed by atoms with van der Waals surface area (Å²) in [5.41, 5.74) is 7.39. The Kier molecular flexibility index (Phi) is 4.14. The van der Waals surface area contributed by atoms with Crippen molar-refractivity contribution in [3.05, 3.63) is 45.9 Å². The summed E-state index contributed by atoms with van der Waals surface area (Å²) >= 11 is 6.29. The lowest BCUT2D eigenvalue weighted by atomic mass is 10.1. The fourth-order valence-electron chi connectivity index (χ4n) is 2.64. The minimum Gasteiger partial charge on any atom is -0.328 e. The molecule has 23 heavy (non-hydrogen) atoms. The summed E-state index contributed by atoms with van der Waals surface area (Å²) in [7, 11) is 0. The minimum absolute atomic E-state index is 0.198. The number of nitrogens with zero attached hydrogens (tertiary/aromatic N) is 3. The van der Waals surface area contributed by atoms with Gasteiger partial charge in [0.05, 0.1) is 28.5 Å². The Morgan fingerprint density at radius 3 is 2.78 bits per heavy atom. The second-order valence-electron chi connectivity index (χ2n) is 5.14. The standard InChI is InChI=1S/C15H15ClFN5O/c1-2-9(5-18)22-13-12(11-4-3-8(17)6-19-11)10(16)7-20-14(13)21-15(22)23/h3-4,6-7,9H,2,5,18H2,1H3,(H,20,21,23)/t9-/m0/s1. The van der Waals surface area contributed by atoms with E-state index in [9.17, 15) is 9.18 Å². The van der Waals surface area contributed by atoms with Gasteiger partial charge in [0.25, 0.3) is 0 Å². The molecule has 0 fully saturated rings. The van der Waals surface area contributed by atoms with E-state index in [-0.39, 0.29) is 11.7 Å². The van der Waals surface area contributed by atoms with Crippen LogP contribution < -0.4 is 11.4 Å². The summed E-state index contributed by atoms with van der Waals surface area (Å²) in [6.45, 7) is 2.24. The highest BCUT2D eigenvalue weighted by molar-refractivity contribution is 6.34. The first-order valence-electron chi connectivity index (χ1n) is 7.17. The summed E-state index contributed by atoms with van der Waals surface area (Å²) in [5, 5.41) is 0.330. The Morgan fingerprint density at radius 1 is 1.39 bits per heavy atom. The fraction of sp³-hybridized carbons (Fsp3) is 0.267. The van der Waals surface area contributed by atoms with Crippen molar-refractivity contribution >= 4 is 22.8 Å². The van der Waals surface area contributed by atoms with Gasteiger partial charge in [-0.2, -0.15) is 0 Å². The molecule has 3 aromatic heterocycles. The van der Waals surface area contributed by atoms with Crippen LogP contribution >= 0.6 is 11.6 Å². The van der Waals surface area contributed by atoms with E-state index in [1.807, 2.05) is 6.92 Å². The molecule has 1 atom stereocenters. The van der Waals surface area contributed by atoms with Gasteiger partial charge in [0.2, 0.25) is 0 Å². The van der Waals surface area contributed by atoms with E-state index in [4.69, 9.17) is 17.3 Å². The van der Waals surface area contributed by atoms with Crippen LogP contribution in [-0.4, -0.2) is 26.1 Å². The molecule has 120 valence electrons. The van der Waals surface area contributed by atoms with E-state index in [2.05, 4.69) is 15.0 Å². The molecular weight excluding hydrogens is 321 g/mol. The van der Waals surface area contributed by atoms with Crippen LogP contribution in [0.5, 0.6) is 0 Å². The van der Waals surface area contributed by atoms with E-state index in [0.29, 0.717) is 40.4 Å². The summed E-state index contributed by atoms with van der Waals surface area (Å²) < 4.78 is 14.7. The molecule has 0 aromatic carbocycles. The van der Waals surface area contributed by atoms with E-state index in [1.54, 1.807) is 4.57 Å². The molecule has 6 nitrogen and oxygen atoms in total. The Labute approximate surface area is 136 Å². The molecule has 0 unspecified atom stereocenters. The number of rotatable bonds is 4. The molecule has 3 rings (SSSR count). The lowest BCUT2D eigenvalue weighted by molar-refractivity contribution is 0.496.